The van der Waals surface area contributed by atoms with Crippen LogP contribution in [0.3, 0.4) is 0 Å². The number of aryl methyl sites for hydroxylation is 1. The van der Waals surface area contributed by atoms with Gasteiger partial charge in [-0.1, -0.05) is 25.9 Å². The molecule has 0 amide bonds. The van der Waals surface area contributed by atoms with E-state index in [2.05, 4.69) is 51.4 Å². The van der Waals surface area contributed by atoms with Crippen LogP contribution in [0.2, 0.25) is 0 Å². The predicted molar refractivity (Wildman–Crippen MR) is 121 cm³/mol. The van der Waals surface area contributed by atoms with Crippen molar-refractivity contribution < 1.29 is 4.52 Å². The molecule has 0 saturated carbocycles. The maximum Gasteiger partial charge on any atom is 0.226 e. The number of aliphatic imine (C=N–C) groups is 1. The van der Waals surface area contributed by atoms with Gasteiger partial charge in [0, 0.05) is 32.5 Å². The summed E-state index contributed by atoms with van der Waals surface area (Å²) in [4.78, 5) is 11.3. The molecule has 156 valence electrons. The Morgan fingerprint density at radius 1 is 1.22 bits per heavy atom. The smallest absolute Gasteiger partial charge is 0.226 e. The van der Waals surface area contributed by atoms with Gasteiger partial charge in [-0.15, -0.1) is 24.0 Å². The van der Waals surface area contributed by atoms with Crippen molar-refractivity contribution in [2.45, 2.75) is 58.8 Å². The molecule has 2 rings (SSSR count). The molecular formula is C19H37IN6O. The first-order chi connectivity index (χ1) is 12.6. The summed E-state index contributed by atoms with van der Waals surface area (Å²) in [6.07, 6.45) is 5.56. The topological polar surface area (TPSA) is 78.6 Å². The highest BCUT2D eigenvalue weighted by Crippen LogP contribution is 2.15. The van der Waals surface area contributed by atoms with Gasteiger partial charge in [0.15, 0.2) is 11.8 Å². The van der Waals surface area contributed by atoms with Crippen LogP contribution in [0.1, 0.15) is 64.1 Å². The van der Waals surface area contributed by atoms with Gasteiger partial charge in [0.1, 0.15) is 0 Å². The minimum absolute atomic E-state index is 0. The highest BCUT2D eigenvalue weighted by molar-refractivity contribution is 14.0. The van der Waals surface area contributed by atoms with Crippen molar-refractivity contribution in [1.82, 2.24) is 25.7 Å². The Morgan fingerprint density at radius 2 is 1.89 bits per heavy atom. The number of aromatic nitrogens is 2. The number of likely N-dealkylation sites (tertiary alicyclic amines) is 1. The summed E-state index contributed by atoms with van der Waals surface area (Å²) in [5.41, 5.74) is 0. The van der Waals surface area contributed by atoms with Crippen LogP contribution < -0.4 is 10.6 Å². The van der Waals surface area contributed by atoms with E-state index < -0.39 is 0 Å². The number of hydrogen-bond acceptors (Lipinski definition) is 5. The number of guanidine groups is 1. The molecule has 7 nitrogen and oxygen atoms in total. The van der Waals surface area contributed by atoms with E-state index >= 15 is 0 Å². The molecule has 0 aromatic carbocycles. The molecule has 0 radical (unpaired) electrons. The number of halogens is 1. The van der Waals surface area contributed by atoms with Gasteiger partial charge < -0.3 is 20.1 Å². The van der Waals surface area contributed by atoms with Crippen molar-refractivity contribution >= 4 is 29.9 Å². The fourth-order valence-electron chi connectivity index (χ4n) is 3.07. The summed E-state index contributed by atoms with van der Waals surface area (Å²) in [5, 5.41) is 10.7. The van der Waals surface area contributed by atoms with Crippen LogP contribution in [-0.2, 0) is 6.42 Å². The molecule has 1 aliphatic rings. The van der Waals surface area contributed by atoms with E-state index in [0.29, 0.717) is 11.8 Å². The molecule has 0 aliphatic carbocycles. The molecule has 0 bridgehead atoms. The third kappa shape index (κ3) is 9.23. The van der Waals surface area contributed by atoms with Crippen LogP contribution in [0.4, 0.5) is 0 Å². The van der Waals surface area contributed by atoms with E-state index in [1.165, 1.54) is 32.5 Å². The lowest BCUT2D eigenvalue weighted by Crippen LogP contribution is -2.40. The number of hydrogen-bond donors (Lipinski definition) is 2. The average Bonchev–Trinajstić information content (AvgIpc) is 3.11. The Kier molecular flexibility index (Phi) is 11.9. The maximum atomic E-state index is 5.26. The molecule has 2 heterocycles. The molecular weight excluding hydrogens is 455 g/mol. The molecule has 1 fully saturated rings. The number of nitrogens with one attached hydrogen (secondary N) is 2. The summed E-state index contributed by atoms with van der Waals surface area (Å²) in [6, 6.07) is 0. The lowest BCUT2D eigenvalue weighted by molar-refractivity contribution is 0.191. The Morgan fingerprint density at radius 3 is 2.48 bits per heavy atom. The average molecular weight is 492 g/mol. The quantitative estimate of drug-likeness (QED) is 0.239. The first-order valence-electron chi connectivity index (χ1n) is 10.1. The summed E-state index contributed by atoms with van der Waals surface area (Å²) in [7, 11) is 1.81. The van der Waals surface area contributed by atoms with Gasteiger partial charge in [0.05, 0.1) is 0 Å². The second-order valence-electron chi connectivity index (χ2n) is 7.61. The molecule has 1 aromatic heterocycles. The molecule has 27 heavy (non-hydrogen) atoms. The van der Waals surface area contributed by atoms with Gasteiger partial charge in [0.25, 0.3) is 0 Å². The number of rotatable bonds is 9. The van der Waals surface area contributed by atoms with Crippen LogP contribution in [-0.4, -0.2) is 60.8 Å². The summed E-state index contributed by atoms with van der Waals surface area (Å²) in [5.74, 6) is 3.58. The van der Waals surface area contributed by atoms with E-state index in [4.69, 9.17) is 4.52 Å². The molecule has 2 N–H and O–H groups in total. The van der Waals surface area contributed by atoms with Gasteiger partial charge in [-0.25, -0.2) is 0 Å². The third-order valence-corrected chi connectivity index (χ3v) is 4.90. The van der Waals surface area contributed by atoms with Crippen molar-refractivity contribution in [1.29, 1.82) is 0 Å². The fraction of sp³-hybridized carbons (Fsp3) is 0.842. The highest BCUT2D eigenvalue weighted by Gasteiger charge is 2.14. The zero-order valence-corrected chi connectivity index (χ0v) is 19.7. The Balaban J connectivity index is 0.00000364. The van der Waals surface area contributed by atoms with Crippen LogP contribution in [0.5, 0.6) is 0 Å². The number of nitrogens with zero attached hydrogens (tertiary/aromatic N) is 4. The largest absolute Gasteiger partial charge is 0.356 e. The highest BCUT2D eigenvalue weighted by atomic mass is 127. The minimum atomic E-state index is 0. The van der Waals surface area contributed by atoms with E-state index in [0.717, 1.165) is 50.1 Å². The maximum absolute atomic E-state index is 5.26. The van der Waals surface area contributed by atoms with Gasteiger partial charge >= 0.3 is 0 Å². The van der Waals surface area contributed by atoms with Crippen LogP contribution in [0.25, 0.3) is 0 Å². The Hall–Kier alpha value is -0.900. The summed E-state index contributed by atoms with van der Waals surface area (Å²) < 4.78 is 5.26. The van der Waals surface area contributed by atoms with Crippen LogP contribution >= 0.6 is 24.0 Å². The van der Waals surface area contributed by atoms with Gasteiger partial charge in [-0.3, -0.25) is 4.99 Å². The molecule has 1 aliphatic heterocycles. The first-order valence-corrected chi connectivity index (χ1v) is 10.1. The third-order valence-electron chi connectivity index (χ3n) is 4.90. The zero-order valence-electron chi connectivity index (χ0n) is 17.3. The summed E-state index contributed by atoms with van der Waals surface area (Å²) in [6.45, 7) is 12.0. The molecule has 1 saturated heterocycles. The predicted octanol–water partition coefficient (Wildman–Crippen LogP) is 3.03. The standard InChI is InChI=1S/C19H36N6O.HI/c1-15(2)18-23-17(26-24-18)7-5-10-21-19(20-4)22-11-6-12-25-13-8-16(3)9-14-25;/h15-16H,5-14H2,1-4H3,(H2,20,21,22);1H. The zero-order chi connectivity index (χ0) is 18.8. The van der Waals surface area contributed by atoms with E-state index in [1.807, 2.05) is 7.05 Å². The van der Waals surface area contributed by atoms with Gasteiger partial charge in [-0.2, -0.15) is 4.98 Å². The van der Waals surface area contributed by atoms with E-state index in [9.17, 15) is 0 Å². The summed E-state index contributed by atoms with van der Waals surface area (Å²) >= 11 is 0. The Bertz CT molecular complexity index is 540. The molecule has 0 atom stereocenters. The van der Waals surface area contributed by atoms with Crippen molar-refractivity contribution in [3.63, 3.8) is 0 Å². The molecule has 0 unspecified atom stereocenters. The van der Waals surface area contributed by atoms with Crippen LogP contribution in [0, 0.1) is 5.92 Å². The van der Waals surface area contributed by atoms with E-state index in [-0.39, 0.29) is 24.0 Å². The molecule has 1 aromatic rings. The van der Waals surface area contributed by atoms with Crippen molar-refractivity contribution in [2.75, 3.05) is 39.8 Å². The molecule has 8 heteroatoms. The SMILES string of the molecule is CN=C(NCCCc1nc(C(C)C)no1)NCCCN1CCC(C)CC1.I. The van der Waals surface area contributed by atoms with Crippen molar-refractivity contribution in [3.8, 4) is 0 Å². The Labute approximate surface area is 181 Å². The van der Waals surface area contributed by atoms with Gasteiger partial charge in [-0.05, 0) is 51.2 Å². The lowest BCUT2D eigenvalue weighted by Gasteiger charge is -2.30. The van der Waals surface area contributed by atoms with Crippen molar-refractivity contribution in [2.24, 2.45) is 10.9 Å². The minimum Gasteiger partial charge on any atom is -0.356 e. The van der Waals surface area contributed by atoms with Gasteiger partial charge in [0.2, 0.25) is 5.89 Å². The second-order valence-corrected chi connectivity index (χ2v) is 7.61. The lowest BCUT2D eigenvalue weighted by atomic mass is 9.99. The number of piperidine rings is 1. The second kappa shape index (κ2) is 13.3. The monoisotopic (exact) mass is 492 g/mol. The van der Waals surface area contributed by atoms with E-state index in [1.54, 1.807) is 0 Å². The first kappa shape index (κ1) is 24.1. The fourth-order valence-corrected chi connectivity index (χ4v) is 3.07. The molecule has 0 spiro atoms. The normalized spacial score (nSPS) is 16.4. The van der Waals surface area contributed by atoms with Crippen LogP contribution in [0.15, 0.2) is 9.52 Å². The van der Waals surface area contributed by atoms with Crippen molar-refractivity contribution in [3.05, 3.63) is 11.7 Å².